The SMILES string of the molecule is O=C(O)c1cnc(C23CC4CC(CC(C4)C2)C3)o1. The van der Waals surface area contributed by atoms with E-state index in [0.717, 1.165) is 37.0 Å². The molecule has 4 nitrogen and oxygen atoms in total. The number of hydrogen-bond donors (Lipinski definition) is 1. The number of aromatic carboxylic acids is 1. The molecule has 1 aromatic heterocycles. The Kier molecular flexibility index (Phi) is 1.98. The summed E-state index contributed by atoms with van der Waals surface area (Å²) in [6.07, 6.45) is 8.93. The minimum absolute atomic E-state index is 0.0132. The molecular weight excluding hydrogens is 230 g/mol. The highest BCUT2D eigenvalue weighted by Gasteiger charge is 2.54. The van der Waals surface area contributed by atoms with Gasteiger partial charge in [-0.15, -0.1) is 0 Å². The van der Waals surface area contributed by atoms with E-state index < -0.39 is 5.97 Å². The molecule has 0 aromatic carbocycles. The molecule has 18 heavy (non-hydrogen) atoms. The third-order valence-corrected chi connectivity index (χ3v) is 5.21. The highest BCUT2D eigenvalue weighted by atomic mass is 16.4. The largest absolute Gasteiger partial charge is 0.475 e. The normalized spacial score (nSPS) is 41.2. The van der Waals surface area contributed by atoms with Crippen LogP contribution in [0.4, 0.5) is 0 Å². The predicted octanol–water partition coefficient (Wildman–Crippen LogP) is 2.84. The van der Waals surface area contributed by atoms with Gasteiger partial charge in [0.25, 0.3) is 0 Å². The van der Waals surface area contributed by atoms with E-state index in [2.05, 4.69) is 4.98 Å². The summed E-state index contributed by atoms with van der Waals surface area (Å²) in [6, 6.07) is 0. The van der Waals surface area contributed by atoms with Crippen LogP contribution < -0.4 is 0 Å². The van der Waals surface area contributed by atoms with Gasteiger partial charge in [0.1, 0.15) is 0 Å². The van der Waals surface area contributed by atoms with Crippen molar-refractivity contribution in [3.63, 3.8) is 0 Å². The van der Waals surface area contributed by atoms with Crippen LogP contribution in [0.3, 0.4) is 0 Å². The van der Waals surface area contributed by atoms with E-state index in [-0.39, 0.29) is 11.2 Å². The summed E-state index contributed by atoms with van der Waals surface area (Å²) < 4.78 is 5.52. The second-order valence-corrected chi connectivity index (χ2v) is 6.53. The molecule has 0 amide bonds. The van der Waals surface area contributed by atoms with Crippen LogP contribution in [0.1, 0.15) is 55.0 Å². The van der Waals surface area contributed by atoms with E-state index in [1.54, 1.807) is 0 Å². The number of carboxylic acid groups (broad SMARTS) is 1. The minimum atomic E-state index is -1.02. The Labute approximate surface area is 105 Å². The average Bonchev–Trinajstić information content (AvgIpc) is 2.76. The van der Waals surface area contributed by atoms with Crippen molar-refractivity contribution < 1.29 is 14.3 Å². The molecule has 0 radical (unpaired) electrons. The van der Waals surface area contributed by atoms with Crippen molar-refractivity contribution in [2.24, 2.45) is 17.8 Å². The van der Waals surface area contributed by atoms with Crippen molar-refractivity contribution in [2.45, 2.75) is 43.9 Å². The number of carboxylic acids is 1. The zero-order chi connectivity index (χ0) is 12.3. The maximum absolute atomic E-state index is 10.9. The Morgan fingerprint density at radius 2 is 1.78 bits per heavy atom. The fourth-order valence-electron chi connectivity index (χ4n) is 4.99. The fraction of sp³-hybridized carbons (Fsp3) is 0.714. The first kappa shape index (κ1) is 10.6. The standard InChI is InChI=1S/C14H17NO3/c16-12(17)11-7-15-13(18-11)14-4-8-1-9(5-14)3-10(2-8)6-14/h7-10H,1-6H2,(H,16,17). The van der Waals surface area contributed by atoms with Gasteiger partial charge in [-0.25, -0.2) is 9.78 Å². The molecule has 4 saturated carbocycles. The van der Waals surface area contributed by atoms with E-state index in [4.69, 9.17) is 9.52 Å². The van der Waals surface area contributed by atoms with Gasteiger partial charge in [0.2, 0.25) is 11.7 Å². The van der Waals surface area contributed by atoms with Crippen LogP contribution in [0.15, 0.2) is 10.6 Å². The lowest BCUT2D eigenvalue weighted by Crippen LogP contribution is -2.48. The Morgan fingerprint density at radius 1 is 1.22 bits per heavy atom. The molecule has 1 heterocycles. The summed E-state index contributed by atoms with van der Waals surface area (Å²) in [5, 5.41) is 8.95. The third kappa shape index (κ3) is 1.38. The van der Waals surface area contributed by atoms with E-state index in [0.29, 0.717) is 5.89 Å². The smallest absolute Gasteiger partial charge is 0.373 e. The monoisotopic (exact) mass is 247 g/mol. The van der Waals surface area contributed by atoms with Gasteiger partial charge < -0.3 is 9.52 Å². The first-order valence-corrected chi connectivity index (χ1v) is 6.84. The second kappa shape index (κ2) is 3.37. The average molecular weight is 247 g/mol. The molecule has 4 bridgehead atoms. The highest BCUT2D eigenvalue weighted by molar-refractivity contribution is 5.83. The van der Waals surface area contributed by atoms with Gasteiger partial charge in [-0.1, -0.05) is 0 Å². The summed E-state index contributed by atoms with van der Waals surface area (Å²) in [7, 11) is 0. The number of carbonyl (C=O) groups is 1. The fourth-order valence-corrected chi connectivity index (χ4v) is 4.99. The summed E-state index contributed by atoms with van der Waals surface area (Å²) in [4.78, 5) is 15.2. The van der Waals surface area contributed by atoms with Crippen LogP contribution in [0, 0.1) is 17.8 Å². The topological polar surface area (TPSA) is 63.3 Å². The Morgan fingerprint density at radius 3 is 2.22 bits per heavy atom. The Hall–Kier alpha value is -1.32. The van der Waals surface area contributed by atoms with Crippen LogP contribution in [0.5, 0.6) is 0 Å². The van der Waals surface area contributed by atoms with Crippen LogP contribution in [0.25, 0.3) is 0 Å². The summed E-state index contributed by atoms with van der Waals surface area (Å²) >= 11 is 0. The molecule has 4 fully saturated rings. The number of nitrogens with zero attached hydrogens (tertiary/aromatic N) is 1. The zero-order valence-electron chi connectivity index (χ0n) is 10.3. The van der Waals surface area contributed by atoms with E-state index in [1.807, 2.05) is 0 Å². The Bertz CT molecular complexity index is 470. The highest BCUT2D eigenvalue weighted by Crippen LogP contribution is 2.60. The van der Waals surface area contributed by atoms with Crippen LogP contribution >= 0.6 is 0 Å². The van der Waals surface area contributed by atoms with Crippen molar-refractivity contribution in [3.05, 3.63) is 17.8 Å². The predicted molar refractivity (Wildman–Crippen MR) is 63.3 cm³/mol. The third-order valence-electron chi connectivity index (χ3n) is 5.21. The second-order valence-electron chi connectivity index (χ2n) is 6.53. The zero-order valence-corrected chi connectivity index (χ0v) is 10.3. The van der Waals surface area contributed by atoms with Crippen molar-refractivity contribution in [1.82, 2.24) is 4.98 Å². The molecule has 1 N–H and O–H groups in total. The Balaban J connectivity index is 1.72. The maximum atomic E-state index is 10.9. The van der Waals surface area contributed by atoms with Crippen LogP contribution in [-0.2, 0) is 5.41 Å². The molecular formula is C14H17NO3. The van der Waals surface area contributed by atoms with Crippen LogP contribution in [0.2, 0.25) is 0 Å². The first-order chi connectivity index (χ1) is 8.64. The molecule has 1 aromatic rings. The lowest BCUT2D eigenvalue weighted by atomic mass is 9.49. The summed E-state index contributed by atoms with van der Waals surface area (Å²) in [6.45, 7) is 0. The molecule has 5 rings (SSSR count). The van der Waals surface area contributed by atoms with Gasteiger partial charge in [-0.3, -0.25) is 0 Å². The molecule has 0 atom stereocenters. The van der Waals surface area contributed by atoms with Crippen molar-refractivity contribution in [1.29, 1.82) is 0 Å². The summed E-state index contributed by atoms with van der Waals surface area (Å²) in [5.74, 6) is 2.11. The van der Waals surface area contributed by atoms with Crippen molar-refractivity contribution in [3.8, 4) is 0 Å². The number of hydrogen-bond acceptors (Lipinski definition) is 3. The summed E-state index contributed by atoms with van der Waals surface area (Å²) in [5.41, 5.74) is 0.0580. The van der Waals surface area contributed by atoms with Crippen molar-refractivity contribution >= 4 is 5.97 Å². The lowest BCUT2D eigenvalue weighted by molar-refractivity contribution is -0.0182. The molecule has 0 unspecified atom stereocenters. The number of oxazole rings is 1. The maximum Gasteiger partial charge on any atom is 0.373 e. The van der Waals surface area contributed by atoms with Gasteiger partial charge in [0.05, 0.1) is 6.20 Å². The van der Waals surface area contributed by atoms with Crippen LogP contribution in [-0.4, -0.2) is 16.1 Å². The first-order valence-electron chi connectivity index (χ1n) is 6.84. The molecule has 96 valence electrons. The molecule has 4 aliphatic rings. The molecule has 4 aliphatic carbocycles. The van der Waals surface area contributed by atoms with E-state index >= 15 is 0 Å². The van der Waals surface area contributed by atoms with E-state index in [9.17, 15) is 4.79 Å². The molecule has 0 aliphatic heterocycles. The molecule has 0 spiro atoms. The van der Waals surface area contributed by atoms with Gasteiger partial charge in [-0.05, 0) is 56.3 Å². The molecule has 4 heteroatoms. The minimum Gasteiger partial charge on any atom is -0.475 e. The van der Waals surface area contributed by atoms with Gasteiger partial charge in [-0.2, -0.15) is 0 Å². The lowest BCUT2D eigenvalue weighted by Gasteiger charge is -2.55. The van der Waals surface area contributed by atoms with Gasteiger partial charge >= 0.3 is 5.97 Å². The van der Waals surface area contributed by atoms with Gasteiger partial charge in [0, 0.05) is 5.41 Å². The van der Waals surface area contributed by atoms with Crippen molar-refractivity contribution in [2.75, 3.05) is 0 Å². The van der Waals surface area contributed by atoms with E-state index in [1.165, 1.54) is 25.5 Å². The number of rotatable bonds is 2. The quantitative estimate of drug-likeness (QED) is 0.872. The molecule has 0 saturated heterocycles. The number of aromatic nitrogens is 1. The van der Waals surface area contributed by atoms with Gasteiger partial charge in [0.15, 0.2) is 0 Å².